The molecule has 0 bridgehead atoms. The van der Waals surface area contributed by atoms with Crippen LogP contribution < -0.4 is 43.8 Å². The molecule has 59 heavy (non-hydrogen) atoms. The Morgan fingerprint density at radius 1 is 0.356 bits per heavy atom. The number of hydrogen-bond acceptors (Lipinski definition) is 12. The van der Waals surface area contributed by atoms with Crippen molar-refractivity contribution in [1.82, 2.24) is 0 Å². The SMILES string of the molecule is Oc1ccc(C2COc3cc(O)ccc3[C@@H]2O)cc1.Oc1ccc([C@@H]2COc3cc(O)ccc3[C@@H]2O)cc1.Oc1ccc([C@@H]2COc3cc(O)ccc3[C@H]2O)cc1.[B].[H-].[Na+]. The molecule has 0 spiro atoms. The zero-order chi connectivity index (χ0) is 40.2. The van der Waals surface area contributed by atoms with Crippen LogP contribution in [0, 0.1) is 0 Å². The van der Waals surface area contributed by atoms with E-state index in [-0.39, 0.29) is 91.6 Å². The molecular weight excluding hydrogens is 766 g/mol. The maximum Gasteiger partial charge on any atom is 1.00 e. The van der Waals surface area contributed by atoms with Gasteiger partial charge in [-0.3, -0.25) is 0 Å². The number of benzene rings is 6. The third-order valence-corrected chi connectivity index (χ3v) is 10.3. The zero-order valence-electron chi connectivity index (χ0n) is 33.0. The Hall–Kier alpha value is -5.54. The van der Waals surface area contributed by atoms with Crippen molar-refractivity contribution in [3.8, 4) is 51.7 Å². The van der Waals surface area contributed by atoms with Gasteiger partial charge in [0, 0.05) is 61.1 Å². The number of rotatable bonds is 3. The number of aromatic hydroxyl groups is 6. The quantitative estimate of drug-likeness (QED) is 0.117. The second-order valence-electron chi connectivity index (χ2n) is 14.0. The van der Waals surface area contributed by atoms with Gasteiger partial charge in [0.2, 0.25) is 0 Å². The molecule has 9 rings (SSSR count). The summed E-state index contributed by atoms with van der Waals surface area (Å²) < 4.78 is 16.8. The fourth-order valence-corrected chi connectivity index (χ4v) is 7.14. The van der Waals surface area contributed by atoms with Gasteiger partial charge in [0.05, 0.1) is 38.1 Å². The zero-order valence-corrected chi connectivity index (χ0v) is 34.0. The van der Waals surface area contributed by atoms with E-state index < -0.39 is 18.3 Å². The molecule has 1 unspecified atom stereocenters. The number of aliphatic hydroxyl groups excluding tert-OH is 3. The van der Waals surface area contributed by atoms with E-state index in [1.807, 2.05) is 0 Å². The summed E-state index contributed by atoms with van der Waals surface area (Å²) in [5.41, 5.74) is 4.73. The van der Waals surface area contributed by atoms with Crippen LogP contribution in [-0.2, 0) is 0 Å². The average molecular weight is 810 g/mol. The van der Waals surface area contributed by atoms with Crippen molar-refractivity contribution in [1.29, 1.82) is 0 Å². The minimum Gasteiger partial charge on any atom is -1.00 e. The van der Waals surface area contributed by atoms with Gasteiger partial charge in [-0.15, -0.1) is 0 Å². The summed E-state index contributed by atoms with van der Waals surface area (Å²) in [5.74, 6) is 1.94. The molecule has 3 aliphatic rings. The van der Waals surface area contributed by atoms with E-state index in [9.17, 15) is 46.0 Å². The van der Waals surface area contributed by atoms with Crippen LogP contribution in [0.3, 0.4) is 0 Å². The molecule has 0 fully saturated rings. The van der Waals surface area contributed by atoms with Gasteiger partial charge in [0.1, 0.15) is 51.7 Å². The molecule has 3 radical (unpaired) electrons. The average Bonchev–Trinajstić information content (AvgIpc) is 3.20. The fraction of sp³-hybridized carbons (Fsp3) is 0.200. The molecular formula is C45H43BNaO12. The Labute approximate surface area is 366 Å². The fourth-order valence-electron chi connectivity index (χ4n) is 7.14. The van der Waals surface area contributed by atoms with Crippen LogP contribution in [-0.4, -0.2) is 74.2 Å². The number of hydrogen-bond donors (Lipinski definition) is 9. The molecule has 3 heterocycles. The van der Waals surface area contributed by atoms with Gasteiger partial charge in [-0.2, -0.15) is 0 Å². The molecule has 0 aliphatic carbocycles. The first-order chi connectivity index (χ1) is 27.4. The second kappa shape index (κ2) is 19.5. The van der Waals surface area contributed by atoms with E-state index >= 15 is 0 Å². The van der Waals surface area contributed by atoms with E-state index in [0.29, 0.717) is 53.8 Å². The van der Waals surface area contributed by atoms with Crippen molar-refractivity contribution in [3.63, 3.8) is 0 Å². The molecule has 6 atom stereocenters. The standard InChI is InChI=1S/3C15H14O4.B.Na.H/c3*16-10-3-1-9(2-4-10)13-8-19-14-7-11(17)5-6-12(14)15(13)18;;;/h3*1-7,13,15-18H,8H2;;;/q;;;;+1;-1/t13?,15-;13-,15+;13-,15-;;;/m000.../s1. The summed E-state index contributed by atoms with van der Waals surface area (Å²) in [6, 6.07) is 34.3. The van der Waals surface area contributed by atoms with Gasteiger partial charge >= 0.3 is 29.6 Å². The molecule has 3 aliphatic heterocycles. The summed E-state index contributed by atoms with van der Waals surface area (Å²) >= 11 is 0. The topological polar surface area (TPSA) is 210 Å². The Balaban J connectivity index is 0.000000194. The second-order valence-corrected chi connectivity index (χ2v) is 14.0. The number of phenolic OH excluding ortho intramolecular Hbond substituents is 6. The molecule has 0 saturated carbocycles. The van der Waals surface area contributed by atoms with Crippen LogP contribution in [0.2, 0.25) is 0 Å². The van der Waals surface area contributed by atoms with E-state index in [1.165, 1.54) is 36.4 Å². The molecule has 12 nitrogen and oxygen atoms in total. The first-order valence-corrected chi connectivity index (χ1v) is 18.2. The van der Waals surface area contributed by atoms with Gasteiger partial charge in [-0.25, -0.2) is 0 Å². The van der Waals surface area contributed by atoms with E-state index in [0.717, 1.165) is 16.7 Å². The van der Waals surface area contributed by atoms with E-state index in [1.54, 1.807) is 91.0 Å². The summed E-state index contributed by atoms with van der Waals surface area (Å²) in [5, 5.41) is 87.3. The third-order valence-electron chi connectivity index (χ3n) is 10.3. The van der Waals surface area contributed by atoms with Crippen LogP contribution in [0.4, 0.5) is 0 Å². The van der Waals surface area contributed by atoms with Gasteiger partial charge in [-0.05, 0) is 89.5 Å². The van der Waals surface area contributed by atoms with Crippen molar-refractivity contribution in [2.75, 3.05) is 19.8 Å². The van der Waals surface area contributed by atoms with Crippen molar-refractivity contribution < 1.29 is 91.2 Å². The summed E-state index contributed by atoms with van der Waals surface area (Å²) in [6.07, 6.45) is -2.06. The predicted octanol–water partition coefficient (Wildman–Crippen LogP) is 3.66. The largest absolute Gasteiger partial charge is 1.00 e. The molecule has 0 amide bonds. The van der Waals surface area contributed by atoms with Crippen LogP contribution >= 0.6 is 0 Å². The smallest absolute Gasteiger partial charge is 1.00 e. The van der Waals surface area contributed by atoms with Gasteiger partial charge in [-0.1, -0.05) is 36.4 Å². The normalized spacial score (nSPS) is 20.8. The maximum atomic E-state index is 10.4. The number of phenols is 6. The minimum absolute atomic E-state index is 0. The van der Waals surface area contributed by atoms with Gasteiger partial charge in [0.15, 0.2) is 0 Å². The molecule has 9 N–H and O–H groups in total. The van der Waals surface area contributed by atoms with Crippen molar-refractivity contribution in [3.05, 3.63) is 161 Å². The van der Waals surface area contributed by atoms with Crippen molar-refractivity contribution in [2.24, 2.45) is 0 Å². The van der Waals surface area contributed by atoms with Crippen LogP contribution in [0.25, 0.3) is 0 Å². The van der Waals surface area contributed by atoms with Crippen molar-refractivity contribution in [2.45, 2.75) is 36.1 Å². The first kappa shape index (κ1) is 44.6. The summed E-state index contributed by atoms with van der Waals surface area (Å²) in [6.45, 7) is 1.01. The maximum absolute atomic E-state index is 10.4. The van der Waals surface area contributed by atoms with Gasteiger partial charge in [0.25, 0.3) is 0 Å². The summed E-state index contributed by atoms with van der Waals surface area (Å²) in [4.78, 5) is 0. The predicted molar refractivity (Wildman–Crippen MR) is 215 cm³/mol. The Morgan fingerprint density at radius 3 is 0.814 bits per heavy atom. The van der Waals surface area contributed by atoms with Crippen LogP contribution in [0.1, 0.15) is 70.9 Å². The minimum atomic E-state index is -0.686. The third kappa shape index (κ3) is 10.2. The Morgan fingerprint density at radius 2 is 0.576 bits per heavy atom. The van der Waals surface area contributed by atoms with E-state index in [4.69, 9.17) is 14.2 Å². The molecule has 6 aromatic rings. The molecule has 6 aromatic carbocycles. The Bertz CT molecular complexity index is 2060. The monoisotopic (exact) mass is 809 g/mol. The number of ether oxygens (including phenoxy) is 3. The first-order valence-electron chi connectivity index (χ1n) is 18.2. The van der Waals surface area contributed by atoms with E-state index in [2.05, 4.69) is 0 Å². The molecule has 299 valence electrons. The van der Waals surface area contributed by atoms with Crippen LogP contribution in [0.15, 0.2) is 127 Å². The van der Waals surface area contributed by atoms with Crippen LogP contribution in [0.5, 0.6) is 51.7 Å². The van der Waals surface area contributed by atoms with Crippen molar-refractivity contribution >= 4 is 8.41 Å². The Kier molecular flexibility index (Phi) is 14.7. The van der Waals surface area contributed by atoms with Gasteiger partial charge < -0.3 is 61.6 Å². The molecule has 14 heteroatoms. The number of aliphatic hydroxyl groups is 3. The summed E-state index contributed by atoms with van der Waals surface area (Å²) in [7, 11) is 0. The number of fused-ring (bicyclic) bond motifs is 3. The molecule has 0 aromatic heterocycles. The molecule has 0 saturated heterocycles.